The van der Waals surface area contributed by atoms with Crippen LogP contribution in [0.2, 0.25) is 0 Å². The van der Waals surface area contributed by atoms with Gasteiger partial charge in [0.2, 0.25) is 11.8 Å². The summed E-state index contributed by atoms with van der Waals surface area (Å²) >= 11 is 0. The number of hydrogen-bond donors (Lipinski definition) is 3. The zero-order chi connectivity index (χ0) is 13.7. The summed E-state index contributed by atoms with van der Waals surface area (Å²) in [6.07, 6.45) is 6.54. The third-order valence-corrected chi connectivity index (χ3v) is 4.16. The van der Waals surface area contributed by atoms with Gasteiger partial charge in [-0.15, -0.1) is 12.4 Å². The highest BCUT2D eigenvalue weighted by atomic mass is 35.5. The van der Waals surface area contributed by atoms with Crippen molar-refractivity contribution in [2.24, 2.45) is 5.92 Å². The largest absolute Gasteiger partial charge is 0.350 e. The molecule has 1 aliphatic carbocycles. The molecule has 1 aliphatic heterocycles. The van der Waals surface area contributed by atoms with Gasteiger partial charge in [0.25, 0.3) is 0 Å². The van der Waals surface area contributed by atoms with Crippen LogP contribution >= 0.6 is 12.4 Å². The minimum absolute atomic E-state index is 0. The van der Waals surface area contributed by atoms with E-state index in [4.69, 9.17) is 0 Å². The Labute approximate surface area is 127 Å². The molecule has 1 heterocycles. The van der Waals surface area contributed by atoms with E-state index in [9.17, 15) is 9.59 Å². The zero-order valence-electron chi connectivity index (χ0n) is 12.1. The van der Waals surface area contributed by atoms with E-state index in [2.05, 4.69) is 16.0 Å². The van der Waals surface area contributed by atoms with Crippen molar-refractivity contribution >= 4 is 24.2 Å². The molecule has 0 radical (unpaired) electrons. The molecule has 2 rings (SSSR count). The van der Waals surface area contributed by atoms with E-state index in [1.165, 1.54) is 19.8 Å². The molecular weight excluding hydrogens is 278 g/mol. The van der Waals surface area contributed by atoms with E-state index < -0.39 is 0 Å². The molecule has 3 N–H and O–H groups in total. The normalized spacial score (nSPS) is 24.6. The van der Waals surface area contributed by atoms with Crippen molar-refractivity contribution in [3.05, 3.63) is 0 Å². The average molecular weight is 304 g/mol. The minimum Gasteiger partial charge on any atom is -0.350 e. The zero-order valence-corrected chi connectivity index (χ0v) is 12.9. The number of piperidine rings is 1. The number of carbonyl (C=O) groups is 2. The quantitative estimate of drug-likeness (QED) is 0.725. The van der Waals surface area contributed by atoms with Crippen LogP contribution in [-0.4, -0.2) is 37.0 Å². The second-order valence-electron chi connectivity index (χ2n) is 5.77. The smallest absolute Gasteiger partial charge is 0.243 e. The number of amides is 2. The Balaban J connectivity index is 0.00000200. The molecular formula is C14H26ClN3O2. The summed E-state index contributed by atoms with van der Waals surface area (Å²) in [7, 11) is 0. The van der Waals surface area contributed by atoms with Gasteiger partial charge >= 0.3 is 0 Å². The van der Waals surface area contributed by atoms with E-state index in [1.54, 1.807) is 0 Å². The molecule has 5 nitrogen and oxygen atoms in total. The molecule has 20 heavy (non-hydrogen) atoms. The highest BCUT2D eigenvalue weighted by molar-refractivity contribution is 5.87. The van der Waals surface area contributed by atoms with Gasteiger partial charge in [-0.3, -0.25) is 9.59 Å². The van der Waals surface area contributed by atoms with Gasteiger partial charge in [0.05, 0.1) is 0 Å². The number of hydrogen-bond acceptors (Lipinski definition) is 3. The summed E-state index contributed by atoms with van der Waals surface area (Å²) in [6, 6.07) is -0.138. The molecule has 6 heteroatoms. The van der Waals surface area contributed by atoms with E-state index in [0.717, 1.165) is 38.8 Å². The summed E-state index contributed by atoms with van der Waals surface area (Å²) in [4.78, 5) is 23.7. The second kappa shape index (κ2) is 8.47. The first kappa shape index (κ1) is 17.2. The van der Waals surface area contributed by atoms with Gasteiger partial charge in [0, 0.05) is 19.5 Å². The monoisotopic (exact) mass is 303 g/mol. The first-order valence-corrected chi connectivity index (χ1v) is 7.45. The predicted octanol–water partition coefficient (Wildman–Crippen LogP) is 0.971. The molecule has 0 spiro atoms. The fourth-order valence-corrected chi connectivity index (χ4v) is 3.17. The number of carbonyl (C=O) groups excluding carboxylic acids is 2. The maximum absolute atomic E-state index is 12.4. The van der Waals surface area contributed by atoms with Crippen molar-refractivity contribution in [3.63, 3.8) is 0 Å². The average Bonchev–Trinajstić information content (AvgIpc) is 2.90. The van der Waals surface area contributed by atoms with Crippen LogP contribution in [0, 0.1) is 5.92 Å². The first-order chi connectivity index (χ1) is 9.16. The molecule has 1 unspecified atom stereocenters. The van der Waals surface area contributed by atoms with E-state index in [0.29, 0.717) is 5.92 Å². The Morgan fingerprint density at radius 1 is 1.15 bits per heavy atom. The standard InChI is InChI=1S/C14H25N3O2.ClH/c1-10(18)16-13(11-5-2-3-6-11)14(19)17-12-7-4-8-15-9-12;/h11-13,15H,2-9H2,1H3,(H,16,18)(H,17,19);1H/t12-,13?;/m0./s1. The Morgan fingerprint density at radius 2 is 1.85 bits per heavy atom. The van der Waals surface area contributed by atoms with Gasteiger partial charge < -0.3 is 16.0 Å². The number of rotatable bonds is 4. The van der Waals surface area contributed by atoms with Crippen LogP contribution in [0.4, 0.5) is 0 Å². The Morgan fingerprint density at radius 3 is 2.40 bits per heavy atom. The molecule has 1 saturated heterocycles. The van der Waals surface area contributed by atoms with Crippen LogP contribution in [0.1, 0.15) is 45.4 Å². The van der Waals surface area contributed by atoms with Crippen molar-refractivity contribution in [2.75, 3.05) is 13.1 Å². The van der Waals surface area contributed by atoms with E-state index >= 15 is 0 Å². The molecule has 0 aromatic rings. The molecule has 0 aromatic carbocycles. The lowest BCUT2D eigenvalue weighted by Gasteiger charge is -2.28. The van der Waals surface area contributed by atoms with Crippen LogP contribution in [0.25, 0.3) is 0 Å². The fourth-order valence-electron chi connectivity index (χ4n) is 3.17. The van der Waals surface area contributed by atoms with Gasteiger partial charge in [-0.1, -0.05) is 12.8 Å². The van der Waals surface area contributed by atoms with E-state index in [-0.39, 0.29) is 36.3 Å². The second-order valence-corrected chi connectivity index (χ2v) is 5.77. The first-order valence-electron chi connectivity index (χ1n) is 7.45. The van der Waals surface area contributed by atoms with Crippen molar-refractivity contribution in [1.82, 2.24) is 16.0 Å². The summed E-state index contributed by atoms with van der Waals surface area (Å²) in [5, 5.41) is 9.21. The molecule has 116 valence electrons. The lowest BCUT2D eigenvalue weighted by molar-refractivity contribution is -0.130. The lowest BCUT2D eigenvalue weighted by Crippen LogP contribution is -2.55. The van der Waals surface area contributed by atoms with Crippen molar-refractivity contribution in [2.45, 2.75) is 57.5 Å². The third-order valence-electron chi connectivity index (χ3n) is 4.16. The summed E-state index contributed by atoms with van der Waals surface area (Å²) < 4.78 is 0. The third kappa shape index (κ3) is 4.94. The topological polar surface area (TPSA) is 70.2 Å². The van der Waals surface area contributed by atoms with Crippen LogP contribution < -0.4 is 16.0 Å². The maximum atomic E-state index is 12.4. The minimum atomic E-state index is -0.345. The molecule has 2 fully saturated rings. The van der Waals surface area contributed by atoms with Gasteiger partial charge in [-0.05, 0) is 38.1 Å². The summed E-state index contributed by atoms with van der Waals surface area (Å²) in [5.74, 6) is 0.185. The number of nitrogens with one attached hydrogen (secondary N) is 3. The maximum Gasteiger partial charge on any atom is 0.243 e. The van der Waals surface area contributed by atoms with Gasteiger partial charge in [0.15, 0.2) is 0 Å². The molecule has 0 bridgehead atoms. The van der Waals surface area contributed by atoms with Gasteiger partial charge in [-0.2, -0.15) is 0 Å². The van der Waals surface area contributed by atoms with Crippen molar-refractivity contribution < 1.29 is 9.59 Å². The highest BCUT2D eigenvalue weighted by Crippen LogP contribution is 2.28. The van der Waals surface area contributed by atoms with Crippen molar-refractivity contribution in [1.29, 1.82) is 0 Å². The van der Waals surface area contributed by atoms with Crippen LogP contribution in [0.3, 0.4) is 0 Å². The predicted molar refractivity (Wildman–Crippen MR) is 80.8 cm³/mol. The van der Waals surface area contributed by atoms with Crippen LogP contribution in [0.5, 0.6) is 0 Å². The summed E-state index contributed by atoms with van der Waals surface area (Å²) in [6.45, 7) is 3.35. The van der Waals surface area contributed by atoms with Crippen LogP contribution in [-0.2, 0) is 9.59 Å². The van der Waals surface area contributed by atoms with Crippen LogP contribution in [0.15, 0.2) is 0 Å². The Kier molecular flexibility index (Phi) is 7.30. The van der Waals surface area contributed by atoms with Crippen molar-refractivity contribution in [3.8, 4) is 0 Å². The lowest BCUT2D eigenvalue weighted by atomic mass is 9.96. The molecule has 0 aromatic heterocycles. The van der Waals surface area contributed by atoms with E-state index in [1.807, 2.05) is 0 Å². The van der Waals surface area contributed by atoms with Gasteiger partial charge in [-0.25, -0.2) is 0 Å². The summed E-state index contributed by atoms with van der Waals surface area (Å²) in [5.41, 5.74) is 0. The number of halogens is 1. The highest BCUT2D eigenvalue weighted by Gasteiger charge is 2.32. The SMILES string of the molecule is CC(=O)NC(C(=O)N[C@H]1CCCNC1)C1CCCC1.Cl. The molecule has 2 atom stereocenters. The fraction of sp³-hybridized carbons (Fsp3) is 0.857. The van der Waals surface area contributed by atoms with Gasteiger partial charge in [0.1, 0.15) is 6.04 Å². The molecule has 2 aliphatic rings. The molecule has 2 amide bonds. The Bertz CT molecular complexity index is 326. The molecule has 1 saturated carbocycles. The Hall–Kier alpha value is -0.810.